The summed E-state index contributed by atoms with van der Waals surface area (Å²) in [6, 6.07) is 8.44. The van der Waals surface area contributed by atoms with Crippen molar-refractivity contribution in [2.45, 2.75) is 0 Å². The third kappa shape index (κ3) is 3.48. The number of thioether (sulfide) groups is 1. The van der Waals surface area contributed by atoms with Crippen LogP contribution < -0.4 is 10.5 Å². The van der Waals surface area contributed by atoms with E-state index in [1.54, 1.807) is 30.3 Å². The van der Waals surface area contributed by atoms with Crippen LogP contribution in [0.1, 0.15) is 10.4 Å². The number of nitrogens with one attached hydrogen (secondary N) is 1. The number of rotatable bonds is 3. The van der Waals surface area contributed by atoms with E-state index in [2.05, 4.69) is 10.5 Å². The number of nitrogens with zero attached hydrogens (tertiary/aromatic N) is 2. The van der Waals surface area contributed by atoms with Crippen molar-refractivity contribution < 1.29 is 19.5 Å². The van der Waals surface area contributed by atoms with Crippen molar-refractivity contribution in [2.24, 2.45) is 5.10 Å². The number of carboxylic acid groups (broad SMARTS) is 1. The van der Waals surface area contributed by atoms with Gasteiger partial charge in [-0.3, -0.25) is 14.5 Å². The predicted molar refractivity (Wildman–Crippen MR) is 74.8 cm³/mol. The predicted octanol–water partition coefficient (Wildman–Crippen LogP) is -0.474. The van der Waals surface area contributed by atoms with Gasteiger partial charge in [-0.15, -0.1) is 5.10 Å². The van der Waals surface area contributed by atoms with Gasteiger partial charge in [0.15, 0.2) is 5.17 Å². The summed E-state index contributed by atoms with van der Waals surface area (Å²) in [6.45, 7) is 0. The molecule has 1 aliphatic rings. The van der Waals surface area contributed by atoms with E-state index >= 15 is 0 Å². The fourth-order valence-corrected chi connectivity index (χ4v) is 2.40. The molecule has 108 valence electrons. The number of amides is 2. The molecule has 1 aromatic rings. The van der Waals surface area contributed by atoms with Gasteiger partial charge in [-0.1, -0.05) is 18.2 Å². The molecule has 1 saturated heterocycles. The van der Waals surface area contributed by atoms with Crippen LogP contribution in [0.2, 0.25) is 0 Å². The molecule has 0 saturated carbocycles. The van der Waals surface area contributed by atoms with Crippen molar-refractivity contribution in [2.75, 3.05) is 7.05 Å². The van der Waals surface area contributed by atoms with E-state index in [9.17, 15) is 19.5 Å². The maximum atomic E-state index is 11.8. The second-order valence-corrected chi connectivity index (χ2v) is 5.00. The molecule has 1 N–H and O–H groups in total. The summed E-state index contributed by atoms with van der Waals surface area (Å²) >= 11 is 0.844. The molecule has 0 spiro atoms. The maximum absolute atomic E-state index is 11.8. The van der Waals surface area contributed by atoms with Crippen LogP contribution in [-0.2, 0) is 9.59 Å². The molecule has 2 rings (SSSR count). The molecule has 21 heavy (non-hydrogen) atoms. The fourth-order valence-electron chi connectivity index (χ4n) is 1.51. The Morgan fingerprint density at radius 1 is 1.33 bits per heavy atom. The summed E-state index contributed by atoms with van der Waals surface area (Å²) in [6.07, 6.45) is 0.699. The number of hydrazone groups is 1. The van der Waals surface area contributed by atoms with E-state index in [0.717, 1.165) is 16.7 Å². The highest BCUT2D eigenvalue weighted by Crippen LogP contribution is 2.28. The first-order valence-corrected chi connectivity index (χ1v) is 6.62. The molecule has 0 radical (unpaired) electrons. The molecule has 0 bridgehead atoms. The van der Waals surface area contributed by atoms with Crippen LogP contribution in [0, 0.1) is 0 Å². The number of likely N-dealkylation sites (N-methyl/N-ethyl adjacent to an activating group) is 1. The average molecular weight is 304 g/mol. The molecule has 8 heteroatoms. The Morgan fingerprint density at radius 3 is 2.62 bits per heavy atom. The number of amidine groups is 1. The minimum absolute atomic E-state index is 0.0230. The zero-order chi connectivity index (χ0) is 15.4. The quantitative estimate of drug-likeness (QED) is 0.600. The highest BCUT2D eigenvalue weighted by atomic mass is 32.2. The first-order chi connectivity index (χ1) is 9.99. The lowest BCUT2D eigenvalue weighted by atomic mass is 10.2. The van der Waals surface area contributed by atoms with Gasteiger partial charge in [-0.05, 0) is 30.0 Å². The van der Waals surface area contributed by atoms with Crippen LogP contribution in [0.5, 0.6) is 0 Å². The molecule has 1 aromatic carbocycles. The second kappa shape index (κ2) is 6.23. The molecular weight excluding hydrogens is 294 g/mol. The molecular formula is C13H10N3O4S-. The van der Waals surface area contributed by atoms with Gasteiger partial charge in [0.2, 0.25) is 0 Å². The van der Waals surface area contributed by atoms with Crippen molar-refractivity contribution >= 4 is 34.7 Å². The third-order valence-corrected chi connectivity index (χ3v) is 3.60. The summed E-state index contributed by atoms with van der Waals surface area (Å²) < 4.78 is 0. The standard InChI is InChI=1S/C13H11N3O4S/c1-16-12(20)9(7-10(17)18)21-13(16)15-14-11(19)8-5-3-2-4-6-8/h2-7H,1H3,(H,14,19)(H,17,18)/p-1/b9-7-,15-13+. The third-order valence-electron chi connectivity index (χ3n) is 2.54. The highest BCUT2D eigenvalue weighted by Gasteiger charge is 2.30. The van der Waals surface area contributed by atoms with Crippen molar-refractivity contribution in [1.29, 1.82) is 0 Å². The van der Waals surface area contributed by atoms with Crippen LogP contribution in [0.15, 0.2) is 46.4 Å². The molecule has 2 amide bonds. The van der Waals surface area contributed by atoms with Gasteiger partial charge in [0.05, 0.1) is 10.9 Å². The molecule has 0 unspecified atom stereocenters. The minimum Gasteiger partial charge on any atom is -0.545 e. The number of carbonyl (C=O) groups is 3. The normalized spacial score (nSPS) is 18.3. The Balaban J connectivity index is 2.10. The van der Waals surface area contributed by atoms with Gasteiger partial charge in [0.25, 0.3) is 11.8 Å². The zero-order valence-electron chi connectivity index (χ0n) is 10.9. The Morgan fingerprint density at radius 2 is 2.00 bits per heavy atom. The summed E-state index contributed by atoms with van der Waals surface area (Å²) in [5.74, 6) is -2.41. The van der Waals surface area contributed by atoms with E-state index in [4.69, 9.17) is 0 Å². The van der Waals surface area contributed by atoms with Gasteiger partial charge in [0, 0.05) is 12.6 Å². The monoisotopic (exact) mass is 304 g/mol. The van der Waals surface area contributed by atoms with Crippen LogP contribution in [0.25, 0.3) is 0 Å². The molecule has 0 atom stereocenters. The molecule has 1 fully saturated rings. The van der Waals surface area contributed by atoms with Gasteiger partial charge in [0.1, 0.15) is 0 Å². The largest absolute Gasteiger partial charge is 0.545 e. The molecule has 0 aliphatic carbocycles. The molecule has 1 heterocycles. The minimum atomic E-state index is -1.46. The second-order valence-electron chi connectivity index (χ2n) is 4.00. The number of carbonyl (C=O) groups excluding carboxylic acids is 3. The van der Waals surface area contributed by atoms with Crippen molar-refractivity contribution in [3.63, 3.8) is 0 Å². The summed E-state index contributed by atoms with van der Waals surface area (Å²) in [4.78, 5) is 35.1. The Kier molecular flexibility index (Phi) is 4.39. The average Bonchev–Trinajstić information content (AvgIpc) is 2.73. The van der Waals surface area contributed by atoms with Gasteiger partial charge >= 0.3 is 0 Å². The maximum Gasteiger partial charge on any atom is 0.271 e. The molecule has 0 aromatic heterocycles. The van der Waals surface area contributed by atoms with Gasteiger partial charge in [-0.2, -0.15) is 0 Å². The van der Waals surface area contributed by atoms with E-state index in [0.29, 0.717) is 11.6 Å². The fraction of sp³-hybridized carbons (Fsp3) is 0.0769. The molecule has 7 nitrogen and oxygen atoms in total. The van der Waals surface area contributed by atoms with E-state index in [1.165, 1.54) is 7.05 Å². The first kappa shape index (κ1) is 14.8. The number of hydrogen-bond donors (Lipinski definition) is 1. The number of carboxylic acids is 1. The Labute approximate surface area is 124 Å². The zero-order valence-corrected chi connectivity index (χ0v) is 11.7. The summed E-state index contributed by atoms with van der Waals surface area (Å²) in [5, 5.41) is 14.5. The smallest absolute Gasteiger partial charge is 0.271 e. The van der Waals surface area contributed by atoms with E-state index in [-0.39, 0.29) is 10.1 Å². The van der Waals surface area contributed by atoms with E-state index in [1.807, 2.05) is 0 Å². The van der Waals surface area contributed by atoms with E-state index < -0.39 is 17.8 Å². The first-order valence-electron chi connectivity index (χ1n) is 5.80. The summed E-state index contributed by atoms with van der Waals surface area (Å²) in [7, 11) is 1.43. The van der Waals surface area contributed by atoms with Gasteiger partial charge < -0.3 is 9.90 Å². The van der Waals surface area contributed by atoms with Gasteiger partial charge in [-0.25, -0.2) is 5.43 Å². The van der Waals surface area contributed by atoms with Crippen LogP contribution in [-0.4, -0.2) is 34.9 Å². The number of hydrogen-bond acceptors (Lipinski definition) is 6. The lowest BCUT2D eigenvalue weighted by molar-refractivity contribution is -0.297. The number of aliphatic carboxylic acids is 1. The SMILES string of the molecule is CN1C(=O)/C(=C/C(=O)[O-])S/C1=N/NC(=O)c1ccccc1. The summed E-state index contributed by atoms with van der Waals surface area (Å²) in [5.41, 5.74) is 2.73. The van der Waals surface area contributed by atoms with Crippen LogP contribution in [0.4, 0.5) is 0 Å². The highest BCUT2D eigenvalue weighted by molar-refractivity contribution is 8.18. The lowest BCUT2D eigenvalue weighted by Gasteiger charge is -2.07. The Bertz CT molecular complexity index is 655. The van der Waals surface area contributed by atoms with Crippen molar-refractivity contribution in [3.8, 4) is 0 Å². The van der Waals surface area contributed by atoms with Crippen LogP contribution in [0.3, 0.4) is 0 Å². The Hall–Kier alpha value is -2.61. The topological polar surface area (TPSA) is 102 Å². The van der Waals surface area contributed by atoms with Crippen molar-refractivity contribution in [1.82, 2.24) is 10.3 Å². The molecule has 1 aliphatic heterocycles. The lowest BCUT2D eigenvalue weighted by Crippen LogP contribution is -2.28. The van der Waals surface area contributed by atoms with Crippen molar-refractivity contribution in [3.05, 3.63) is 46.9 Å². The van der Waals surface area contributed by atoms with Crippen LogP contribution >= 0.6 is 11.8 Å². The number of benzene rings is 1.